The maximum atomic E-state index is 11.5. The summed E-state index contributed by atoms with van der Waals surface area (Å²) in [6, 6.07) is 3.61. The van der Waals surface area contributed by atoms with E-state index in [0.717, 1.165) is 16.5 Å². The number of pyridine rings is 1. The zero-order valence-corrected chi connectivity index (χ0v) is 11.6. The third-order valence-electron chi connectivity index (χ3n) is 2.57. The number of methoxy groups -OCH3 is 1. The Morgan fingerprint density at radius 1 is 1.47 bits per heavy atom. The topological polar surface area (TPSA) is 39.2 Å². The molecule has 0 aliphatic carbocycles. The molecule has 0 N–H and O–H groups in total. The zero-order valence-electron chi connectivity index (χ0n) is 9.25. The molecule has 0 saturated heterocycles. The molecule has 2 rings (SSSR count). The van der Waals surface area contributed by atoms with Gasteiger partial charge in [0.05, 0.1) is 18.2 Å². The van der Waals surface area contributed by atoms with Crippen LogP contribution in [0.15, 0.2) is 22.8 Å². The first kappa shape index (κ1) is 12.3. The number of rotatable bonds is 1. The van der Waals surface area contributed by atoms with Crippen LogP contribution in [0.3, 0.4) is 0 Å². The van der Waals surface area contributed by atoms with Crippen LogP contribution in [-0.4, -0.2) is 18.1 Å². The van der Waals surface area contributed by atoms with E-state index < -0.39 is 5.97 Å². The number of halogens is 2. The molecule has 17 heavy (non-hydrogen) atoms. The molecule has 1 heterocycles. The van der Waals surface area contributed by atoms with Crippen molar-refractivity contribution in [3.8, 4) is 0 Å². The standard InChI is InChI=1S/C12H9BrClNO2/c1-6-9(14)4-3-7-10(13)8(12(16)17-2)5-15-11(6)7/h3-5H,1-2H3. The number of carbonyl (C=O) groups is 1. The minimum absolute atomic E-state index is 0.404. The quantitative estimate of drug-likeness (QED) is 0.753. The lowest BCUT2D eigenvalue weighted by molar-refractivity contribution is 0.0599. The first-order chi connectivity index (χ1) is 8.06. The highest BCUT2D eigenvalue weighted by atomic mass is 79.9. The summed E-state index contributed by atoms with van der Waals surface area (Å²) in [6.07, 6.45) is 1.49. The summed E-state index contributed by atoms with van der Waals surface area (Å²) in [7, 11) is 1.34. The van der Waals surface area contributed by atoms with Gasteiger partial charge in [-0.25, -0.2) is 4.79 Å². The maximum absolute atomic E-state index is 11.5. The van der Waals surface area contributed by atoms with Crippen LogP contribution >= 0.6 is 27.5 Å². The molecule has 3 nitrogen and oxygen atoms in total. The highest BCUT2D eigenvalue weighted by Crippen LogP contribution is 2.31. The second-order valence-electron chi connectivity index (χ2n) is 3.55. The summed E-state index contributed by atoms with van der Waals surface area (Å²) in [6.45, 7) is 1.89. The number of carbonyl (C=O) groups excluding carboxylic acids is 1. The second kappa shape index (κ2) is 4.63. The molecule has 0 spiro atoms. The maximum Gasteiger partial charge on any atom is 0.340 e. The third-order valence-corrected chi connectivity index (χ3v) is 3.83. The largest absolute Gasteiger partial charge is 0.465 e. The van der Waals surface area contributed by atoms with Crippen molar-refractivity contribution in [3.63, 3.8) is 0 Å². The van der Waals surface area contributed by atoms with Crippen molar-refractivity contribution >= 4 is 44.4 Å². The highest BCUT2D eigenvalue weighted by Gasteiger charge is 2.15. The molecule has 0 saturated carbocycles. The Labute approximate surface area is 112 Å². The van der Waals surface area contributed by atoms with E-state index in [4.69, 9.17) is 11.6 Å². The number of esters is 1. The molecule has 1 aromatic heterocycles. The Balaban J connectivity index is 2.77. The van der Waals surface area contributed by atoms with Gasteiger partial charge in [-0.3, -0.25) is 4.98 Å². The average Bonchev–Trinajstić information content (AvgIpc) is 2.33. The summed E-state index contributed by atoms with van der Waals surface area (Å²) in [5, 5.41) is 1.50. The van der Waals surface area contributed by atoms with Gasteiger partial charge in [0.2, 0.25) is 0 Å². The van der Waals surface area contributed by atoms with Crippen molar-refractivity contribution in [2.45, 2.75) is 6.92 Å². The zero-order chi connectivity index (χ0) is 12.6. The molecule has 0 aliphatic heterocycles. The molecule has 0 atom stereocenters. The molecule has 88 valence electrons. The third kappa shape index (κ3) is 2.03. The molecular formula is C12H9BrClNO2. The fraction of sp³-hybridized carbons (Fsp3) is 0.167. The van der Waals surface area contributed by atoms with Crippen molar-refractivity contribution in [3.05, 3.63) is 39.0 Å². The summed E-state index contributed by atoms with van der Waals surface area (Å²) < 4.78 is 5.36. The summed E-state index contributed by atoms with van der Waals surface area (Å²) in [5.74, 6) is -0.418. The van der Waals surface area contributed by atoms with E-state index in [-0.39, 0.29) is 0 Å². The number of fused-ring (bicyclic) bond motifs is 1. The van der Waals surface area contributed by atoms with Crippen molar-refractivity contribution in [2.24, 2.45) is 0 Å². The lowest BCUT2D eigenvalue weighted by Crippen LogP contribution is -2.03. The van der Waals surface area contributed by atoms with Gasteiger partial charge in [0.1, 0.15) is 0 Å². The lowest BCUT2D eigenvalue weighted by atomic mass is 10.1. The minimum Gasteiger partial charge on any atom is -0.465 e. The van der Waals surface area contributed by atoms with Crippen LogP contribution in [0.25, 0.3) is 10.9 Å². The van der Waals surface area contributed by atoms with Crippen molar-refractivity contribution < 1.29 is 9.53 Å². The van der Waals surface area contributed by atoms with Crippen LogP contribution in [0.4, 0.5) is 0 Å². The number of nitrogens with zero attached hydrogens (tertiary/aromatic N) is 1. The summed E-state index contributed by atoms with van der Waals surface area (Å²) >= 11 is 9.42. The number of aromatic nitrogens is 1. The highest BCUT2D eigenvalue weighted by molar-refractivity contribution is 9.10. The number of aryl methyl sites for hydroxylation is 1. The summed E-state index contributed by atoms with van der Waals surface area (Å²) in [4.78, 5) is 15.8. The minimum atomic E-state index is -0.418. The van der Waals surface area contributed by atoms with Gasteiger partial charge in [0.15, 0.2) is 0 Å². The van der Waals surface area contributed by atoms with Crippen LogP contribution in [0.5, 0.6) is 0 Å². The van der Waals surface area contributed by atoms with Crippen LogP contribution < -0.4 is 0 Å². The molecule has 2 aromatic rings. The van der Waals surface area contributed by atoms with Gasteiger partial charge in [-0.05, 0) is 34.5 Å². The van der Waals surface area contributed by atoms with Crippen LogP contribution in [-0.2, 0) is 4.74 Å². The summed E-state index contributed by atoms with van der Waals surface area (Å²) in [5.41, 5.74) is 2.07. The molecule has 0 bridgehead atoms. The Kier molecular flexibility index (Phi) is 3.35. The first-order valence-corrected chi connectivity index (χ1v) is 6.05. The fourth-order valence-electron chi connectivity index (χ4n) is 1.60. The Hall–Kier alpha value is -1.13. The van der Waals surface area contributed by atoms with E-state index in [0.29, 0.717) is 15.1 Å². The normalized spacial score (nSPS) is 10.6. The molecule has 1 aromatic carbocycles. The van der Waals surface area contributed by atoms with Gasteiger partial charge in [-0.15, -0.1) is 0 Å². The number of hydrogen-bond donors (Lipinski definition) is 0. The lowest BCUT2D eigenvalue weighted by Gasteiger charge is -2.08. The van der Waals surface area contributed by atoms with Crippen LogP contribution in [0, 0.1) is 6.92 Å². The van der Waals surface area contributed by atoms with E-state index >= 15 is 0 Å². The molecule has 0 aliphatic rings. The van der Waals surface area contributed by atoms with Gasteiger partial charge in [0, 0.05) is 21.1 Å². The molecule has 0 amide bonds. The second-order valence-corrected chi connectivity index (χ2v) is 4.75. The van der Waals surface area contributed by atoms with E-state index in [1.165, 1.54) is 13.3 Å². The van der Waals surface area contributed by atoms with E-state index in [1.807, 2.05) is 13.0 Å². The molecular weight excluding hydrogens is 305 g/mol. The monoisotopic (exact) mass is 313 g/mol. The Bertz CT molecular complexity index is 613. The smallest absolute Gasteiger partial charge is 0.340 e. The number of benzene rings is 1. The van der Waals surface area contributed by atoms with Crippen molar-refractivity contribution in [2.75, 3.05) is 7.11 Å². The first-order valence-electron chi connectivity index (χ1n) is 4.88. The predicted molar refractivity (Wildman–Crippen MR) is 70.5 cm³/mol. The van der Waals surface area contributed by atoms with Gasteiger partial charge in [-0.2, -0.15) is 0 Å². The molecule has 0 fully saturated rings. The van der Waals surface area contributed by atoms with Crippen molar-refractivity contribution in [1.82, 2.24) is 4.98 Å². The Morgan fingerprint density at radius 3 is 2.82 bits per heavy atom. The number of hydrogen-bond acceptors (Lipinski definition) is 3. The van der Waals surface area contributed by atoms with Gasteiger partial charge in [-0.1, -0.05) is 17.7 Å². The fourth-order valence-corrected chi connectivity index (χ4v) is 2.34. The van der Waals surface area contributed by atoms with Gasteiger partial charge >= 0.3 is 5.97 Å². The van der Waals surface area contributed by atoms with Gasteiger partial charge < -0.3 is 4.74 Å². The molecule has 0 radical (unpaired) electrons. The molecule has 0 unspecified atom stereocenters. The van der Waals surface area contributed by atoms with E-state index in [1.54, 1.807) is 6.07 Å². The van der Waals surface area contributed by atoms with E-state index in [9.17, 15) is 4.79 Å². The van der Waals surface area contributed by atoms with Crippen molar-refractivity contribution in [1.29, 1.82) is 0 Å². The van der Waals surface area contributed by atoms with E-state index in [2.05, 4.69) is 25.7 Å². The SMILES string of the molecule is COC(=O)c1cnc2c(C)c(Cl)ccc2c1Br. The molecule has 5 heteroatoms. The predicted octanol–water partition coefficient (Wildman–Crippen LogP) is 3.75. The number of ether oxygens (including phenoxy) is 1. The average molecular weight is 315 g/mol. The van der Waals surface area contributed by atoms with Crippen LogP contribution in [0.1, 0.15) is 15.9 Å². The van der Waals surface area contributed by atoms with Crippen LogP contribution in [0.2, 0.25) is 5.02 Å². The Morgan fingerprint density at radius 2 is 2.18 bits per heavy atom. The van der Waals surface area contributed by atoms with Gasteiger partial charge in [0.25, 0.3) is 0 Å².